The summed E-state index contributed by atoms with van der Waals surface area (Å²) in [5, 5.41) is 3.77. The third-order valence-electron chi connectivity index (χ3n) is 5.15. The number of benzene rings is 3. The number of rotatable bonds is 4. The average molecular weight is 393 g/mol. The number of aromatic nitrogens is 1. The smallest absolute Gasteiger partial charge is 0.340 e. The summed E-state index contributed by atoms with van der Waals surface area (Å²) in [7, 11) is 1.93. The van der Waals surface area contributed by atoms with Crippen molar-refractivity contribution in [1.82, 2.24) is 4.57 Å². The molecule has 4 aromatic rings. The van der Waals surface area contributed by atoms with Gasteiger partial charge in [0.2, 0.25) is 0 Å². The average Bonchev–Trinajstić information content (AvgIpc) is 2.99. The van der Waals surface area contributed by atoms with Crippen LogP contribution >= 0.6 is 11.6 Å². The normalized spacial score (nSPS) is 11.3. The molecule has 0 aliphatic rings. The fourth-order valence-corrected chi connectivity index (χ4v) is 4.00. The fraction of sp³-hybridized carbons (Fsp3) is 0.174. The number of halogens is 1. The number of nitrogens with two attached hydrogens (primary N) is 1. The van der Waals surface area contributed by atoms with Crippen molar-refractivity contribution in [3.63, 3.8) is 0 Å². The van der Waals surface area contributed by atoms with Crippen LogP contribution in [0.5, 0.6) is 0 Å². The third kappa shape index (κ3) is 2.95. The van der Waals surface area contributed by atoms with E-state index in [4.69, 9.17) is 22.1 Å². The van der Waals surface area contributed by atoms with E-state index in [-0.39, 0.29) is 12.5 Å². The maximum absolute atomic E-state index is 12.5. The van der Waals surface area contributed by atoms with E-state index in [9.17, 15) is 4.79 Å². The maximum Gasteiger partial charge on any atom is 0.340 e. The van der Waals surface area contributed by atoms with E-state index in [0.29, 0.717) is 17.2 Å². The van der Waals surface area contributed by atoms with Gasteiger partial charge in [-0.15, -0.1) is 0 Å². The number of esters is 1. The quantitative estimate of drug-likeness (QED) is 0.480. The molecule has 28 heavy (non-hydrogen) atoms. The Bertz CT molecular complexity index is 1210. The largest absolute Gasteiger partial charge is 0.462 e. The van der Waals surface area contributed by atoms with Crippen LogP contribution in [-0.4, -0.2) is 17.1 Å². The molecule has 1 heterocycles. The molecular weight excluding hydrogens is 372 g/mol. The summed E-state index contributed by atoms with van der Waals surface area (Å²) in [5.41, 5.74) is 10.4. The monoisotopic (exact) mass is 392 g/mol. The SMILES string of the molecule is CCOC(=O)c1c(CN)n(C)c2cc(-c3cccc4ccc(Cl)cc34)ccc12. The summed E-state index contributed by atoms with van der Waals surface area (Å²) in [6, 6.07) is 18.2. The van der Waals surface area contributed by atoms with Crippen molar-refractivity contribution >= 4 is 39.2 Å². The topological polar surface area (TPSA) is 57.2 Å². The lowest BCUT2D eigenvalue weighted by Gasteiger charge is -2.09. The van der Waals surface area contributed by atoms with Crippen LogP contribution in [0.2, 0.25) is 5.02 Å². The van der Waals surface area contributed by atoms with Gasteiger partial charge in [-0.3, -0.25) is 0 Å². The van der Waals surface area contributed by atoms with Crippen LogP contribution in [-0.2, 0) is 18.3 Å². The molecule has 0 amide bonds. The van der Waals surface area contributed by atoms with Gasteiger partial charge in [0.05, 0.1) is 12.2 Å². The minimum absolute atomic E-state index is 0.262. The van der Waals surface area contributed by atoms with Gasteiger partial charge in [0, 0.05) is 35.2 Å². The molecule has 0 saturated carbocycles. The lowest BCUT2D eigenvalue weighted by atomic mass is 9.97. The molecule has 5 heteroatoms. The van der Waals surface area contributed by atoms with Gasteiger partial charge in [-0.25, -0.2) is 4.79 Å². The first-order valence-corrected chi connectivity index (χ1v) is 9.60. The number of carbonyl (C=O) groups excluding carboxylic acids is 1. The number of nitrogens with zero attached hydrogens (tertiary/aromatic N) is 1. The Morgan fingerprint density at radius 3 is 2.68 bits per heavy atom. The maximum atomic E-state index is 12.5. The summed E-state index contributed by atoms with van der Waals surface area (Å²) in [4.78, 5) is 12.5. The van der Waals surface area contributed by atoms with Gasteiger partial charge in [-0.1, -0.05) is 48.0 Å². The molecule has 0 bridgehead atoms. The van der Waals surface area contributed by atoms with Crippen LogP contribution in [0.15, 0.2) is 54.6 Å². The molecule has 0 aliphatic carbocycles. The van der Waals surface area contributed by atoms with Crippen molar-refractivity contribution in [2.45, 2.75) is 13.5 Å². The first-order chi connectivity index (χ1) is 13.5. The van der Waals surface area contributed by atoms with E-state index in [2.05, 4.69) is 18.2 Å². The molecule has 3 aromatic carbocycles. The molecule has 2 N–H and O–H groups in total. The number of aryl methyl sites for hydroxylation is 1. The van der Waals surface area contributed by atoms with Crippen molar-refractivity contribution in [3.05, 3.63) is 70.9 Å². The van der Waals surface area contributed by atoms with Crippen LogP contribution < -0.4 is 5.73 Å². The van der Waals surface area contributed by atoms with Gasteiger partial charge in [0.15, 0.2) is 0 Å². The van der Waals surface area contributed by atoms with Crippen LogP contribution in [0.3, 0.4) is 0 Å². The van der Waals surface area contributed by atoms with Crippen molar-refractivity contribution in [3.8, 4) is 11.1 Å². The highest BCUT2D eigenvalue weighted by Crippen LogP contribution is 2.34. The number of fused-ring (bicyclic) bond motifs is 2. The zero-order valence-electron chi connectivity index (χ0n) is 15.8. The second kappa shape index (κ2) is 7.30. The molecule has 0 saturated heterocycles. The van der Waals surface area contributed by atoms with Gasteiger partial charge in [0.25, 0.3) is 0 Å². The van der Waals surface area contributed by atoms with Crippen LogP contribution in [0, 0.1) is 0 Å². The third-order valence-corrected chi connectivity index (χ3v) is 5.39. The highest BCUT2D eigenvalue weighted by Gasteiger charge is 2.21. The molecule has 4 nitrogen and oxygen atoms in total. The minimum Gasteiger partial charge on any atom is -0.462 e. The Hall–Kier alpha value is -2.82. The standard InChI is InChI=1S/C23H21ClN2O2/c1-3-28-23(27)22-18-10-8-15(11-20(18)26(2)21(22)13-25)17-6-4-5-14-7-9-16(24)12-19(14)17/h4-12H,3,13,25H2,1-2H3. The lowest BCUT2D eigenvalue weighted by molar-refractivity contribution is 0.0527. The van der Waals surface area contributed by atoms with E-state index >= 15 is 0 Å². The van der Waals surface area contributed by atoms with Gasteiger partial charge in [0.1, 0.15) is 0 Å². The Morgan fingerprint density at radius 1 is 1.11 bits per heavy atom. The number of hydrogen-bond donors (Lipinski definition) is 1. The first-order valence-electron chi connectivity index (χ1n) is 9.22. The molecule has 4 rings (SSSR count). The number of carbonyl (C=O) groups is 1. The molecule has 0 fully saturated rings. The van der Waals surface area contributed by atoms with Crippen LogP contribution in [0.25, 0.3) is 32.8 Å². The molecule has 0 atom stereocenters. The Kier molecular flexibility index (Phi) is 4.84. The first kappa shape index (κ1) is 18.5. The molecule has 0 spiro atoms. The fourth-order valence-electron chi connectivity index (χ4n) is 3.82. The molecular formula is C23H21ClN2O2. The molecule has 0 unspecified atom stereocenters. The minimum atomic E-state index is -0.335. The van der Waals surface area contributed by atoms with Crippen molar-refractivity contribution in [1.29, 1.82) is 0 Å². The van der Waals surface area contributed by atoms with E-state index in [0.717, 1.165) is 38.5 Å². The predicted octanol–water partition coefficient (Wildman–Crippen LogP) is 5.29. The Morgan fingerprint density at radius 2 is 1.93 bits per heavy atom. The summed E-state index contributed by atoms with van der Waals surface area (Å²) >= 11 is 6.24. The van der Waals surface area contributed by atoms with Gasteiger partial charge < -0.3 is 15.0 Å². The molecule has 1 aromatic heterocycles. The summed E-state index contributed by atoms with van der Waals surface area (Å²) < 4.78 is 7.23. The highest BCUT2D eigenvalue weighted by molar-refractivity contribution is 6.31. The zero-order chi connectivity index (χ0) is 19.8. The van der Waals surface area contributed by atoms with Crippen molar-refractivity contribution < 1.29 is 9.53 Å². The van der Waals surface area contributed by atoms with E-state index < -0.39 is 0 Å². The Balaban J connectivity index is 1.96. The van der Waals surface area contributed by atoms with Gasteiger partial charge in [-0.2, -0.15) is 0 Å². The molecule has 0 radical (unpaired) electrons. The van der Waals surface area contributed by atoms with E-state index in [1.807, 2.05) is 48.0 Å². The van der Waals surface area contributed by atoms with Gasteiger partial charge in [-0.05, 0) is 47.0 Å². The summed E-state index contributed by atoms with van der Waals surface area (Å²) in [6.45, 7) is 2.39. The number of hydrogen-bond acceptors (Lipinski definition) is 3. The summed E-state index contributed by atoms with van der Waals surface area (Å²) in [6.07, 6.45) is 0. The second-order valence-corrected chi connectivity index (χ2v) is 7.14. The van der Waals surface area contributed by atoms with Gasteiger partial charge >= 0.3 is 5.97 Å². The van der Waals surface area contributed by atoms with Crippen LogP contribution in [0.1, 0.15) is 23.0 Å². The number of ether oxygens (including phenoxy) is 1. The summed E-state index contributed by atoms with van der Waals surface area (Å²) in [5.74, 6) is -0.335. The zero-order valence-corrected chi connectivity index (χ0v) is 16.6. The van der Waals surface area contributed by atoms with Crippen LogP contribution in [0.4, 0.5) is 0 Å². The van der Waals surface area contributed by atoms with Crippen molar-refractivity contribution in [2.75, 3.05) is 6.61 Å². The molecule has 0 aliphatic heterocycles. The van der Waals surface area contributed by atoms with E-state index in [1.54, 1.807) is 6.92 Å². The Labute approximate surface area is 168 Å². The predicted molar refractivity (Wildman–Crippen MR) is 115 cm³/mol. The molecule has 142 valence electrons. The second-order valence-electron chi connectivity index (χ2n) is 6.71. The van der Waals surface area contributed by atoms with Crippen molar-refractivity contribution in [2.24, 2.45) is 12.8 Å². The van der Waals surface area contributed by atoms with E-state index in [1.165, 1.54) is 0 Å². The lowest BCUT2D eigenvalue weighted by Crippen LogP contribution is -2.12. The highest BCUT2D eigenvalue weighted by atomic mass is 35.5.